The summed E-state index contributed by atoms with van der Waals surface area (Å²) in [6.45, 7) is 1.12. The Hall–Kier alpha value is -0.520. The standard InChI is InChI=1S/C13H20ClN3OS/c1-19-13-16-11(14)6-12(17-13)15-7-9-4-2-3-5-10(9)8-18/h6,9-10,18H,2-5,7-8H2,1H3,(H,15,16,17). The Labute approximate surface area is 123 Å². The summed E-state index contributed by atoms with van der Waals surface area (Å²) < 4.78 is 0. The molecular formula is C13H20ClN3OS. The molecule has 1 aliphatic rings. The van der Waals surface area contributed by atoms with Crippen LogP contribution in [0.4, 0.5) is 5.82 Å². The quantitative estimate of drug-likeness (QED) is 0.497. The van der Waals surface area contributed by atoms with E-state index in [4.69, 9.17) is 11.6 Å². The Balaban J connectivity index is 1.95. The van der Waals surface area contributed by atoms with Gasteiger partial charge in [-0.15, -0.1) is 0 Å². The number of thioether (sulfide) groups is 1. The van der Waals surface area contributed by atoms with Crippen LogP contribution in [-0.4, -0.2) is 34.5 Å². The number of nitrogens with one attached hydrogen (secondary N) is 1. The lowest BCUT2D eigenvalue weighted by Crippen LogP contribution is -2.28. The van der Waals surface area contributed by atoms with Gasteiger partial charge in [-0.1, -0.05) is 36.2 Å². The number of hydrogen-bond acceptors (Lipinski definition) is 5. The zero-order chi connectivity index (χ0) is 13.7. The highest BCUT2D eigenvalue weighted by atomic mass is 35.5. The van der Waals surface area contributed by atoms with Crippen LogP contribution in [0.2, 0.25) is 5.15 Å². The maximum absolute atomic E-state index is 9.41. The van der Waals surface area contributed by atoms with Crippen molar-refractivity contribution >= 4 is 29.2 Å². The molecule has 2 atom stereocenters. The number of rotatable bonds is 5. The first-order valence-electron chi connectivity index (χ1n) is 6.66. The Morgan fingerprint density at radius 2 is 2.11 bits per heavy atom. The largest absolute Gasteiger partial charge is 0.396 e. The molecule has 2 N–H and O–H groups in total. The molecule has 19 heavy (non-hydrogen) atoms. The molecule has 4 nitrogen and oxygen atoms in total. The van der Waals surface area contributed by atoms with Gasteiger partial charge in [-0.05, 0) is 30.9 Å². The molecule has 1 fully saturated rings. The Morgan fingerprint density at radius 1 is 1.37 bits per heavy atom. The smallest absolute Gasteiger partial charge is 0.190 e. The number of hydrogen-bond donors (Lipinski definition) is 2. The molecule has 0 amide bonds. The van der Waals surface area contributed by atoms with Gasteiger partial charge in [-0.2, -0.15) is 0 Å². The molecule has 2 rings (SSSR count). The SMILES string of the molecule is CSc1nc(Cl)cc(NCC2CCCCC2CO)n1. The predicted octanol–water partition coefficient (Wildman–Crippen LogP) is 3.06. The summed E-state index contributed by atoms with van der Waals surface area (Å²) in [5, 5.41) is 13.9. The number of halogens is 1. The van der Waals surface area contributed by atoms with Crippen molar-refractivity contribution in [3.63, 3.8) is 0 Å². The highest BCUT2D eigenvalue weighted by Crippen LogP contribution is 2.30. The zero-order valence-corrected chi connectivity index (χ0v) is 12.7. The van der Waals surface area contributed by atoms with Gasteiger partial charge in [0, 0.05) is 19.2 Å². The van der Waals surface area contributed by atoms with Crippen LogP contribution in [0.25, 0.3) is 0 Å². The lowest BCUT2D eigenvalue weighted by Gasteiger charge is -2.30. The van der Waals surface area contributed by atoms with Crippen LogP contribution in [-0.2, 0) is 0 Å². The fraction of sp³-hybridized carbons (Fsp3) is 0.692. The van der Waals surface area contributed by atoms with Gasteiger partial charge in [0.15, 0.2) is 5.16 Å². The molecule has 1 heterocycles. The number of aliphatic hydroxyl groups excluding tert-OH is 1. The van der Waals surface area contributed by atoms with Crippen molar-refractivity contribution in [1.82, 2.24) is 9.97 Å². The molecule has 106 valence electrons. The van der Waals surface area contributed by atoms with Crippen LogP contribution in [0, 0.1) is 11.8 Å². The van der Waals surface area contributed by atoms with E-state index in [1.807, 2.05) is 6.26 Å². The molecule has 0 radical (unpaired) electrons. The summed E-state index contributed by atoms with van der Waals surface area (Å²) in [6, 6.07) is 1.75. The van der Waals surface area contributed by atoms with Crippen LogP contribution in [0.1, 0.15) is 25.7 Å². The molecule has 0 bridgehead atoms. The molecule has 0 spiro atoms. The van der Waals surface area contributed by atoms with E-state index in [1.54, 1.807) is 6.07 Å². The Morgan fingerprint density at radius 3 is 2.79 bits per heavy atom. The number of aliphatic hydroxyl groups is 1. The molecule has 1 saturated carbocycles. The van der Waals surface area contributed by atoms with Gasteiger partial charge in [-0.25, -0.2) is 9.97 Å². The third kappa shape index (κ3) is 4.23. The number of nitrogens with zero attached hydrogens (tertiary/aromatic N) is 2. The van der Waals surface area contributed by atoms with E-state index in [0.717, 1.165) is 18.8 Å². The number of anilines is 1. The van der Waals surface area contributed by atoms with Gasteiger partial charge in [0.25, 0.3) is 0 Å². The number of aromatic nitrogens is 2. The van der Waals surface area contributed by atoms with Gasteiger partial charge in [-0.3, -0.25) is 0 Å². The van der Waals surface area contributed by atoms with E-state index in [-0.39, 0.29) is 6.61 Å². The fourth-order valence-corrected chi connectivity index (χ4v) is 3.22. The van der Waals surface area contributed by atoms with Gasteiger partial charge in [0.2, 0.25) is 0 Å². The Kier molecular flexibility index (Phi) is 5.73. The summed E-state index contributed by atoms with van der Waals surface area (Å²) >= 11 is 7.44. The second-order valence-electron chi connectivity index (χ2n) is 4.93. The van der Waals surface area contributed by atoms with E-state index in [2.05, 4.69) is 15.3 Å². The fourth-order valence-electron chi connectivity index (χ4n) is 2.61. The lowest BCUT2D eigenvalue weighted by molar-refractivity contribution is 0.141. The second-order valence-corrected chi connectivity index (χ2v) is 6.09. The van der Waals surface area contributed by atoms with Crippen LogP contribution in [0.15, 0.2) is 11.2 Å². The van der Waals surface area contributed by atoms with Gasteiger partial charge in [0.1, 0.15) is 11.0 Å². The van der Waals surface area contributed by atoms with E-state index in [1.165, 1.54) is 31.0 Å². The Bertz CT molecular complexity index is 419. The molecule has 1 aliphatic carbocycles. The third-order valence-corrected chi connectivity index (χ3v) is 4.44. The predicted molar refractivity (Wildman–Crippen MR) is 79.8 cm³/mol. The normalized spacial score (nSPS) is 23.3. The lowest BCUT2D eigenvalue weighted by atomic mass is 9.79. The van der Waals surface area contributed by atoms with Crippen molar-refractivity contribution in [3.05, 3.63) is 11.2 Å². The summed E-state index contributed by atoms with van der Waals surface area (Å²) in [5.74, 6) is 1.70. The first kappa shape index (κ1) is 14.9. The zero-order valence-electron chi connectivity index (χ0n) is 11.1. The van der Waals surface area contributed by atoms with Crippen LogP contribution in [0.5, 0.6) is 0 Å². The molecular weight excluding hydrogens is 282 g/mol. The van der Waals surface area contributed by atoms with Crippen molar-refractivity contribution < 1.29 is 5.11 Å². The van der Waals surface area contributed by atoms with Crippen molar-refractivity contribution in [1.29, 1.82) is 0 Å². The maximum atomic E-state index is 9.41. The molecule has 1 aromatic rings. The van der Waals surface area contributed by atoms with Crippen LogP contribution in [0.3, 0.4) is 0 Å². The summed E-state index contributed by atoms with van der Waals surface area (Å²) in [5.41, 5.74) is 0. The molecule has 0 saturated heterocycles. The van der Waals surface area contributed by atoms with Crippen molar-refractivity contribution in [2.24, 2.45) is 11.8 Å². The summed E-state index contributed by atoms with van der Waals surface area (Å²) in [7, 11) is 0. The van der Waals surface area contributed by atoms with Crippen molar-refractivity contribution in [2.45, 2.75) is 30.8 Å². The van der Waals surface area contributed by atoms with Crippen LogP contribution < -0.4 is 5.32 Å². The van der Waals surface area contributed by atoms with Crippen molar-refractivity contribution in [3.8, 4) is 0 Å². The first-order valence-corrected chi connectivity index (χ1v) is 8.26. The minimum absolute atomic E-state index is 0.285. The van der Waals surface area contributed by atoms with Gasteiger partial charge in [0.05, 0.1) is 0 Å². The highest BCUT2D eigenvalue weighted by molar-refractivity contribution is 7.98. The van der Waals surface area contributed by atoms with Gasteiger partial charge < -0.3 is 10.4 Å². The molecule has 0 aliphatic heterocycles. The van der Waals surface area contributed by atoms with E-state index in [0.29, 0.717) is 22.1 Å². The van der Waals surface area contributed by atoms with E-state index in [9.17, 15) is 5.11 Å². The maximum Gasteiger partial charge on any atom is 0.190 e. The molecule has 0 aromatic carbocycles. The summed E-state index contributed by atoms with van der Waals surface area (Å²) in [4.78, 5) is 8.50. The van der Waals surface area contributed by atoms with Crippen molar-refractivity contribution in [2.75, 3.05) is 24.7 Å². The van der Waals surface area contributed by atoms with Gasteiger partial charge >= 0.3 is 0 Å². The average Bonchev–Trinajstić information content (AvgIpc) is 2.44. The molecule has 1 aromatic heterocycles. The highest BCUT2D eigenvalue weighted by Gasteiger charge is 2.24. The van der Waals surface area contributed by atoms with E-state index >= 15 is 0 Å². The first-order chi connectivity index (χ1) is 9.22. The minimum Gasteiger partial charge on any atom is -0.396 e. The summed E-state index contributed by atoms with van der Waals surface area (Å²) in [6.07, 6.45) is 6.72. The second kappa shape index (κ2) is 7.31. The van der Waals surface area contributed by atoms with Crippen LogP contribution >= 0.6 is 23.4 Å². The molecule has 2 unspecified atom stereocenters. The van der Waals surface area contributed by atoms with E-state index < -0.39 is 0 Å². The monoisotopic (exact) mass is 301 g/mol. The topological polar surface area (TPSA) is 58.0 Å². The average molecular weight is 302 g/mol. The molecule has 6 heteroatoms. The third-order valence-electron chi connectivity index (χ3n) is 3.70. The minimum atomic E-state index is 0.285.